The summed E-state index contributed by atoms with van der Waals surface area (Å²) in [5.41, 5.74) is 6.96. The summed E-state index contributed by atoms with van der Waals surface area (Å²) in [4.78, 5) is 18.4. The molecule has 1 aromatic rings. The van der Waals surface area contributed by atoms with Crippen molar-refractivity contribution in [1.82, 2.24) is 9.80 Å². The Morgan fingerprint density at radius 1 is 1.20 bits per heavy atom. The maximum Gasteiger partial charge on any atom is 0.240 e. The molecule has 160 valence electrons. The third kappa shape index (κ3) is 5.27. The third-order valence-electron chi connectivity index (χ3n) is 6.03. The number of piperazine rings is 1. The van der Waals surface area contributed by atoms with E-state index in [-0.39, 0.29) is 17.8 Å². The first-order valence-corrected chi connectivity index (χ1v) is 10.7. The van der Waals surface area contributed by atoms with E-state index >= 15 is 0 Å². The van der Waals surface area contributed by atoms with Crippen molar-refractivity contribution in [3.63, 3.8) is 0 Å². The lowest BCUT2D eigenvalue weighted by atomic mass is 10.1. The van der Waals surface area contributed by atoms with Gasteiger partial charge in [0.1, 0.15) is 11.9 Å². The highest BCUT2D eigenvalue weighted by molar-refractivity contribution is 5.82. The van der Waals surface area contributed by atoms with Gasteiger partial charge in [0.05, 0.1) is 29.4 Å². The van der Waals surface area contributed by atoms with Gasteiger partial charge in [0, 0.05) is 32.7 Å². The summed E-state index contributed by atoms with van der Waals surface area (Å²) >= 11 is 0. The average Bonchev–Trinajstić information content (AvgIpc) is 3.25. The molecule has 0 spiro atoms. The number of nitriles is 2. The number of carbonyl (C=O) groups is 1. The Labute approximate surface area is 177 Å². The summed E-state index contributed by atoms with van der Waals surface area (Å²) in [6, 6.07) is 7.90. The van der Waals surface area contributed by atoms with Crippen molar-refractivity contribution in [3.05, 3.63) is 29.6 Å². The van der Waals surface area contributed by atoms with Crippen LogP contribution in [0.15, 0.2) is 18.2 Å². The van der Waals surface area contributed by atoms with Gasteiger partial charge < -0.3 is 15.5 Å². The van der Waals surface area contributed by atoms with Crippen molar-refractivity contribution in [3.8, 4) is 12.1 Å². The second-order valence-corrected chi connectivity index (χ2v) is 8.03. The summed E-state index contributed by atoms with van der Waals surface area (Å²) in [7, 11) is 0. The summed E-state index contributed by atoms with van der Waals surface area (Å²) in [5.74, 6) is -0.449. The Morgan fingerprint density at radius 3 is 2.63 bits per heavy atom. The average molecular weight is 413 g/mol. The van der Waals surface area contributed by atoms with Crippen LogP contribution in [0, 0.1) is 28.5 Å². The highest BCUT2D eigenvalue weighted by Gasteiger charge is 2.31. The molecule has 2 fully saturated rings. The molecule has 0 aliphatic carbocycles. The number of rotatable bonds is 7. The molecule has 8 heteroatoms. The molecule has 3 rings (SSSR count). The van der Waals surface area contributed by atoms with E-state index in [9.17, 15) is 9.18 Å². The van der Waals surface area contributed by atoms with Crippen LogP contribution in [0.4, 0.5) is 10.1 Å². The molecule has 0 unspecified atom stereocenters. The molecule has 2 heterocycles. The molecule has 2 saturated heterocycles. The van der Waals surface area contributed by atoms with E-state index in [1.165, 1.54) is 6.07 Å². The quantitative estimate of drug-likeness (QED) is 0.686. The maximum atomic E-state index is 14.2. The van der Waals surface area contributed by atoms with Gasteiger partial charge in [0.2, 0.25) is 5.91 Å². The van der Waals surface area contributed by atoms with Crippen molar-refractivity contribution in [2.45, 2.75) is 44.2 Å². The Kier molecular flexibility index (Phi) is 7.62. The fourth-order valence-corrected chi connectivity index (χ4v) is 4.25. The molecular weight excluding hydrogens is 383 g/mol. The van der Waals surface area contributed by atoms with Gasteiger partial charge in [-0.25, -0.2) is 4.39 Å². The van der Waals surface area contributed by atoms with Crippen LogP contribution in [-0.2, 0) is 4.79 Å². The Hall–Kier alpha value is -2.68. The Morgan fingerprint density at radius 2 is 1.97 bits per heavy atom. The van der Waals surface area contributed by atoms with E-state index in [1.807, 2.05) is 11.0 Å². The van der Waals surface area contributed by atoms with Gasteiger partial charge in [0.25, 0.3) is 0 Å². The minimum atomic E-state index is -0.532. The number of carbonyl (C=O) groups excluding carboxylic acids is 1. The highest BCUT2D eigenvalue weighted by atomic mass is 19.1. The van der Waals surface area contributed by atoms with Crippen LogP contribution in [0.25, 0.3) is 0 Å². The van der Waals surface area contributed by atoms with Crippen LogP contribution in [0.5, 0.6) is 0 Å². The molecule has 2 atom stereocenters. The molecular formula is C22H29FN6O. The number of hydrogen-bond acceptors (Lipinski definition) is 6. The number of unbranched alkanes of at least 4 members (excludes halogenated alkanes) is 1. The number of halogens is 1. The summed E-state index contributed by atoms with van der Waals surface area (Å²) in [5, 5.41) is 18.0. The van der Waals surface area contributed by atoms with Crippen molar-refractivity contribution in [2.24, 2.45) is 5.73 Å². The third-order valence-corrected chi connectivity index (χ3v) is 6.03. The molecule has 0 saturated carbocycles. The van der Waals surface area contributed by atoms with Crippen molar-refractivity contribution in [1.29, 1.82) is 10.5 Å². The molecule has 1 aromatic carbocycles. The van der Waals surface area contributed by atoms with Crippen LogP contribution < -0.4 is 10.6 Å². The lowest BCUT2D eigenvalue weighted by molar-refractivity contribution is -0.132. The second-order valence-electron chi connectivity index (χ2n) is 8.03. The highest BCUT2D eigenvalue weighted by Crippen LogP contribution is 2.22. The lowest BCUT2D eigenvalue weighted by Gasteiger charge is -2.36. The molecule has 0 bridgehead atoms. The fraction of sp³-hybridized carbons (Fsp3) is 0.591. The van der Waals surface area contributed by atoms with Crippen molar-refractivity contribution < 1.29 is 9.18 Å². The van der Waals surface area contributed by atoms with Gasteiger partial charge in [-0.3, -0.25) is 9.69 Å². The SMILES string of the molecule is N#Cc1ccc(N2CCN(CCCC[C@H](N)C(=O)N3CCC[C@H]3C#N)CC2)c(F)c1. The number of anilines is 1. The summed E-state index contributed by atoms with van der Waals surface area (Å²) in [6.07, 6.45) is 4.06. The Balaban J connectivity index is 1.36. The maximum absolute atomic E-state index is 14.2. The largest absolute Gasteiger partial charge is 0.367 e. The molecule has 2 N–H and O–H groups in total. The van der Waals surface area contributed by atoms with Gasteiger partial charge in [-0.2, -0.15) is 10.5 Å². The molecule has 0 radical (unpaired) electrons. The number of amides is 1. The van der Waals surface area contributed by atoms with E-state index in [1.54, 1.807) is 17.0 Å². The standard InChI is InChI=1S/C22H29FN6O/c23-19-14-17(15-24)6-7-21(19)28-12-10-27(11-13-28)8-2-1-5-20(26)22(30)29-9-3-4-18(29)16-25/h6-7,14,18,20H,1-5,8-13,26H2/t18-,20-/m0/s1. The Bertz CT molecular complexity index is 824. The second kappa shape index (κ2) is 10.4. The van der Waals surface area contributed by atoms with Gasteiger partial charge in [-0.05, 0) is 50.4 Å². The predicted molar refractivity (Wildman–Crippen MR) is 112 cm³/mol. The van der Waals surface area contributed by atoms with Crippen LogP contribution in [0.3, 0.4) is 0 Å². The zero-order valence-corrected chi connectivity index (χ0v) is 17.3. The number of nitrogens with zero attached hydrogens (tertiary/aromatic N) is 5. The monoisotopic (exact) mass is 412 g/mol. The van der Waals surface area contributed by atoms with E-state index < -0.39 is 6.04 Å². The molecule has 0 aromatic heterocycles. The smallest absolute Gasteiger partial charge is 0.240 e. The number of hydrogen-bond donors (Lipinski definition) is 1. The van der Waals surface area contributed by atoms with E-state index in [0.717, 1.165) is 58.4 Å². The predicted octanol–water partition coefficient (Wildman–Crippen LogP) is 1.83. The minimum Gasteiger partial charge on any atom is -0.367 e. The van der Waals surface area contributed by atoms with Crippen LogP contribution in [0.1, 0.15) is 37.7 Å². The first kappa shape index (κ1) is 22.0. The van der Waals surface area contributed by atoms with E-state index in [4.69, 9.17) is 16.3 Å². The first-order chi connectivity index (χ1) is 14.5. The van der Waals surface area contributed by atoms with Gasteiger partial charge in [0.15, 0.2) is 0 Å². The van der Waals surface area contributed by atoms with Crippen LogP contribution in [0.2, 0.25) is 0 Å². The minimum absolute atomic E-state index is 0.0999. The fourth-order valence-electron chi connectivity index (χ4n) is 4.25. The van der Waals surface area contributed by atoms with Crippen LogP contribution >= 0.6 is 0 Å². The summed E-state index contributed by atoms with van der Waals surface area (Å²) < 4.78 is 14.2. The molecule has 30 heavy (non-hydrogen) atoms. The molecule has 2 aliphatic heterocycles. The number of nitrogens with two attached hydrogens (primary N) is 1. The number of likely N-dealkylation sites (tertiary alicyclic amines) is 1. The lowest BCUT2D eigenvalue weighted by Crippen LogP contribution is -2.47. The van der Waals surface area contributed by atoms with Gasteiger partial charge in [-0.15, -0.1) is 0 Å². The summed E-state index contributed by atoms with van der Waals surface area (Å²) in [6.45, 7) is 4.74. The van der Waals surface area contributed by atoms with Crippen LogP contribution in [-0.4, -0.2) is 67.1 Å². The number of benzene rings is 1. The topological polar surface area (TPSA) is 100 Å². The van der Waals surface area contributed by atoms with Crippen molar-refractivity contribution in [2.75, 3.05) is 44.2 Å². The molecule has 7 nitrogen and oxygen atoms in total. The normalized spacial score (nSPS) is 20.6. The zero-order chi connectivity index (χ0) is 21.5. The zero-order valence-electron chi connectivity index (χ0n) is 17.3. The van der Waals surface area contributed by atoms with Gasteiger partial charge in [-0.1, -0.05) is 6.42 Å². The molecule has 1 amide bonds. The van der Waals surface area contributed by atoms with Gasteiger partial charge >= 0.3 is 0 Å². The first-order valence-electron chi connectivity index (χ1n) is 10.7. The molecule has 2 aliphatic rings. The van der Waals surface area contributed by atoms with E-state index in [2.05, 4.69) is 11.0 Å². The van der Waals surface area contributed by atoms with Crippen molar-refractivity contribution >= 4 is 11.6 Å². The van der Waals surface area contributed by atoms with E-state index in [0.29, 0.717) is 24.2 Å².